The van der Waals surface area contributed by atoms with Gasteiger partial charge in [-0.3, -0.25) is 0 Å². The summed E-state index contributed by atoms with van der Waals surface area (Å²) in [4.78, 5) is 0. The number of aliphatic hydroxyl groups excluding tert-OH is 1. The summed E-state index contributed by atoms with van der Waals surface area (Å²) in [5, 5.41) is 9.66. The highest BCUT2D eigenvalue weighted by Gasteiger charge is 2.06. The van der Waals surface area contributed by atoms with Gasteiger partial charge in [0.1, 0.15) is 18.5 Å². The van der Waals surface area contributed by atoms with Gasteiger partial charge in [-0.25, -0.2) is 0 Å². The molecule has 4 heteroatoms. The van der Waals surface area contributed by atoms with Crippen LogP contribution in [0.2, 0.25) is 0 Å². The first-order valence-electron chi connectivity index (χ1n) is 6.32. The standard InChI is InChI=1S/C14H23NO3/c1-11(2)6-7-17-9-13(16)10-18-14-5-3-4-12(15)8-14/h3-5,8,11,13,16H,6-7,9-10,15H2,1-2H3. The number of nitrogens with two attached hydrogens (primary N) is 1. The van der Waals surface area contributed by atoms with E-state index in [4.69, 9.17) is 15.2 Å². The molecule has 102 valence electrons. The zero-order valence-corrected chi connectivity index (χ0v) is 11.1. The molecule has 0 amide bonds. The molecule has 1 aromatic carbocycles. The molecule has 0 saturated heterocycles. The lowest BCUT2D eigenvalue weighted by atomic mass is 10.1. The zero-order valence-electron chi connectivity index (χ0n) is 11.1. The van der Waals surface area contributed by atoms with Gasteiger partial charge in [-0.05, 0) is 24.5 Å². The van der Waals surface area contributed by atoms with E-state index in [1.807, 2.05) is 12.1 Å². The fourth-order valence-electron chi connectivity index (χ4n) is 1.38. The van der Waals surface area contributed by atoms with Crippen molar-refractivity contribution in [3.63, 3.8) is 0 Å². The van der Waals surface area contributed by atoms with Crippen LogP contribution in [-0.2, 0) is 4.74 Å². The maximum Gasteiger partial charge on any atom is 0.121 e. The molecule has 0 fully saturated rings. The first-order chi connectivity index (χ1) is 8.58. The van der Waals surface area contributed by atoms with Crippen molar-refractivity contribution in [3.05, 3.63) is 24.3 Å². The Kier molecular flexibility index (Phi) is 6.54. The predicted molar refractivity (Wildman–Crippen MR) is 72.6 cm³/mol. The average molecular weight is 253 g/mol. The maximum atomic E-state index is 9.66. The van der Waals surface area contributed by atoms with Gasteiger partial charge < -0.3 is 20.3 Å². The Labute approximate surface area is 109 Å². The summed E-state index contributed by atoms with van der Waals surface area (Å²) in [6.45, 7) is 5.47. The van der Waals surface area contributed by atoms with Crippen molar-refractivity contribution < 1.29 is 14.6 Å². The van der Waals surface area contributed by atoms with Crippen LogP contribution in [0.25, 0.3) is 0 Å². The minimum Gasteiger partial charge on any atom is -0.491 e. The number of hydrogen-bond acceptors (Lipinski definition) is 4. The molecule has 0 aliphatic carbocycles. The van der Waals surface area contributed by atoms with E-state index in [1.165, 1.54) is 0 Å². The van der Waals surface area contributed by atoms with Crippen molar-refractivity contribution in [1.82, 2.24) is 0 Å². The molecule has 0 spiro atoms. The molecule has 18 heavy (non-hydrogen) atoms. The highest BCUT2D eigenvalue weighted by Crippen LogP contribution is 2.14. The summed E-state index contributed by atoms with van der Waals surface area (Å²) in [7, 11) is 0. The van der Waals surface area contributed by atoms with Gasteiger partial charge in [0.05, 0.1) is 6.61 Å². The van der Waals surface area contributed by atoms with E-state index < -0.39 is 6.10 Å². The van der Waals surface area contributed by atoms with E-state index in [9.17, 15) is 5.11 Å². The third kappa shape index (κ3) is 6.47. The minimum atomic E-state index is -0.612. The molecule has 0 radical (unpaired) electrons. The Bertz CT molecular complexity index is 342. The first kappa shape index (κ1) is 14.8. The number of anilines is 1. The summed E-state index contributed by atoms with van der Waals surface area (Å²) in [6, 6.07) is 7.14. The molecule has 0 bridgehead atoms. The second-order valence-corrected chi connectivity index (χ2v) is 4.79. The molecule has 0 saturated carbocycles. The monoisotopic (exact) mass is 253 g/mol. The van der Waals surface area contributed by atoms with E-state index in [0.29, 0.717) is 30.6 Å². The van der Waals surface area contributed by atoms with Crippen molar-refractivity contribution in [2.45, 2.75) is 26.4 Å². The smallest absolute Gasteiger partial charge is 0.121 e. The van der Waals surface area contributed by atoms with Gasteiger partial charge in [0, 0.05) is 18.4 Å². The molecule has 4 nitrogen and oxygen atoms in total. The number of nitrogen functional groups attached to an aromatic ring is 1. The number of aliphatic hydroxyl groups is 1. The molecule has 0 aliphatic rings. The predicted octanol–water partition coefficient (Wildman–Crippen LogP) is 2.07. The van der Waals surface area contributed by atoms with E-state index in [0.717, 1.165) is 6.42 Å². The molecule has 0 aliphatic heterocycles. The van der Waals surface area contributed by atoms with Crippen LogP contribution in [0.4, 0.5) is 5.69 Å². The third-order valence-electron chi connectivity index (χ3n) is 2.45. The molecular formula is C14H23NO3. The lowest BCUT2D eigenvalue weighted by Crippen LogP contribution is -2.23. The number of ether oxygens (including phenoxy) is 2. The van der Waals surface area contributed by atoms with Crippen LogP contribution in [0.5, 0.6) is 5.75 Å². The highest BCUT2D eigenvalue weighted by atomic mass is 16.5. The minimum absolute atomic E-state index is 0.213. The van der Waals surface area contributed by atoms with Gasteiger partial charge in [0.15, 0.2) is 0 Å². The van der Waals surface area contributed by atoms with E-state index in [2.05, 4.69) is 13.8 Å². The van der Waals surface area contributed by atoms with E-state index in [-0.39, 0.29) is 6.61 Å². The van der Waals surface area contributed by atoms with Gasteiger partial charge in [0.2, 0.25) is 0 Å². The van der Waals surface area contributed by atoms with Crippen LogP contribution in [-0.4, -0.2) is 31.0 Å². The molecule has 0 heterocycles. The Balaban J connectivity index is 2.15. The van der Waals surface area contributed by atoms with Crippen molar-refractivity contribution in [2.75, 3.05) is 25.6 Å². The van der Waals surface area contributed by atoms with E-state index in [1.54, 1.807) is 12.1 Å². The molecule has 1 atom stereocenters. The lowest BCUT2D eigenvalue weighted by Gasteiger charge is -2.13. The van der Waals surface area contributed by atoms with Crippen molar-refractivity contribution >= 4 is 5.69 Å². The van der Waals surface area contributed by atoms with Gasteiger partial charge >= 0.3 is 0 Å². The maximum absolute atomic E-state index is 9.66. The number of rotatable bonds is 8. The topological polar surface area (TPSA) is 64.7 Å². The Morgan fingerprint density at radius 1 is 1.28 bits per heavy atom. The molecule has 1 unspecified atom stereocenters. The Morgan fingerprint density at radius 2 is 2.06 bits per heavy atom. The van der Waals surface area contributed by atoms with Crippen LogP contribution in [0.15, 0.2) is 24.3 Å². The van der Waals surface area contributed by atoms with Gasteiger partial charge in [-0.2, -0.15) is 0 Å². The second kappa shape index (κ2) is 7.95. The quantitative estimate of drug-likeness (QED) is 0.550. The largest absolute Gasteiger partial charge is 0.491 e. The summed E-state index contributed by atoms with van der Waals surface area (Å²) < 4.78 is 10.8. The fraction of sp³-hybridized carbons (Fsp3) is 0.571. The Morgan fingerprint density at radius 3 is 2.72 bits per heavy atom. The molecule has 1 rings (SSSR count). The normalized spacial score (nSPS) is 12.7. The van der Waals surface area contributed by atoms with Crippen molar-refractivity contribution in [3.8, 4) is 5.75 Å². The number of benzene rings is 1. The number of hydrogen-bond donors (Lipinski definition) is 2. The average Bonchev–Trinajstić information content (AvgIpc) is 2.32. The fourth-order valence-corrected chi connectivity index (χ4v) is 1.38. The molecule has 3 N–H and O–H groups in total. The van der Waals surface area contributed by atoms with Crippen molar-refractivity contribution in [1.29, 1.82) is 0 Å². The molecular weight excluding hydrogens is 230 g/mol. The van der Waals surface area contributed by atoms with Crippen LogP contribution < -0.4 is 10.5 Å². The third-order valence-corrected chi connectivity index (χ3v) is 2.45. The summed E-state index contributed by atoms with van der Waals surface area (Å²) in [5.74, 6) is 1.28. The Hall–Kier alpha value is -1.26. The van der Waals surface area contributed by atoms with Crippen LogP contribution in [0.3, 0.4) is 0 Å². The van der Waals surface area contributed by atoms with Crippen LogP contribution in [0, 0.1) is 5.92 Å². The van der Waals surface area contributed by atoms with E-state index >= 15 is 0 Å². The summed E-state index contributed by atoms with van der Waals surface area (Å²) in [5.41, 5.74) is 6.27. The SMILES string of the molecule is CC(C)CCOCC(O)COc1cccc(N)c1. The first-order valence-corrected chi connectivity index (χ1v) is 6.32. The highest BCUT2D eigenvalue weighted by molar-refractivity contribution is 5.43. The summed E-state index contributed by atoms with van der Waals surface area (Å²) in [6.07, 6.45) is 0.390. The van der Waals surface area contributed by atoms with Gasteiger partial charge in [-0.1, -0.05) is 19.9 Å². The van der Waals surface area contributed by atoms with Crippen LogP contribution >= 0.6 is 0 Å². The lowest BCUT2D eigenvalue weighted by molar-refractivity contribution is 0.00917. The zero-order chi connectivity index (χ0) is 13.4. The summed E-state index contributed by atoms with van der Waals surface area (Å²) >= 11 is 0. The van der Waals surface area contributed by atoms with Crippen molar-refractivity contribution in [2.24, 2.45) is 5.92 Å². The van der Waals surface area contributed by atoms with Gasteiger partial charge in [-0.15, -0.1) is 0 Å². The van der Waals surface area contributed by atoms with Crippen LogP contribution in [0.1, 0.15) is 20.3 Å². The van der Waals surface area contributed by atoms with Gasteiger partial charge in [0.25, 0.3) is 0 Å². The molecule has 0 aromatic heterocycles. The second-order valence-electron chi connectivity index (χ2n) is 4.79. The molecule has 1 aromatic rings.